The number of nitrogens with one attached hydrogen (secondary N) is 1. The Labute approximate surface area is 86.7 Å². The molecule has 5 heteroatoms. The third kappa shape index (κ3) is 2.80. The van der Waals surface area contributed by atoms with Crippen LogP contribution in [-0.2, 0) is 4.79 Å². The molecule has 14 heavy (non-hydrogen) atoms. The van der Waals surface area contributed by atoms with Crippen molar-refractivity contribution in [3.05, 3.63) is 21.9 Å². The van der Waals surface area contributed by atoms with E-state index in [4.69, 9.17) is 10.8 Å². The monoisotopic (exact) mass is 214 g/mol. The highest BCUT2D eigenvalue weighted by atomic mass is 32.1. The summed E-state index contributed by atoms with van der Waals surface area (Å²) < 4.78 is 0. The maximum atomic E-state index is 10.9. The highest BCUT2D eigenvalue weighted by molar-refractivity contribution is 7.12. The lowest BCUT2D eigenvalue weighted by atomic mass is 10.2. The Bertz CT molecular complexity index is 312. The van der Waals surface area contributed by atoms with Gasteiger partial charge in [-0.15, -0.1) is 11.3 Å². The second-order valence-electron chi connectivity index (χ2n) is 2.96. The third-order valence-electron chi connectivity index (χ3n) is 1.79. The number of carbonyl (C=O) groups is 1. The summed E-state index contributed by atoms with van der Waals surface area (Å²) >= 11 is 1.49. The molecule has 1 atom stereocenters. The molecular formula is C9H14N2O2S. The van der Waals surface area contributed by atoms with Crippen molar-refractivity contribution in [1.82, 2.24) is 5.32 Å². The van der Waals surface area contributed by atoms with Crippen LogP contribution >= 0.6 is 11.3 Å². The lowest BCUT2D eigenvalue weighted by Gasteiger charge is -2.11. The Morgan fingerprint density at radius 2 is 2.43 bits per heavy atom. The van der Waals surface area contributed by atoms with Gasteiger partial charge in [0.1, 0.15) is 6.04 Å². The average Bonchev–Trinajstić information content (AvgIpc) is 2.52. The topological polar surface area (TPSA) is 75.3 Å². The van der Waals surface area contributed by atoms with Gasteiger partial charge >= 0.3 is 5.97 Å². The smallest absolute Gasteiger partial charge is 0.326 e. The second kappa shape index (κ2) is 5.09. The van der Waals surface area contributed by atoms with Crippen molar-refractivity contribution in [1.29, 1.82) is 0 Å². The zero-order chi connectivity index (χ0) is 10.6. The molecule has 0 spiro atoms. The minimum atomic E-state index is -0.861. The van der Waals surface area contributed by atoms with E-state index in [1.165, 1.54) is 11.3 Å². The van der Waals surface area contributed by atoms with Crippen LogP contribution in [0.25, 0.3) is 0 Å². The van der Waals surface area contributed by atoms with Gasteiger partial charge in [0.15, 0.2) is 0 Å². The molecule has 0 aliphatic rings. The number of hydrogen-bond acceptors (Lipinski definition) is 4. The molecule has 0 fully saturated rings. The first-order valence-electron chi connectivity index (χ1n) is 4.37. The quantitative estimate of drug-likeness (QED) is 0.675. The number of aryl methyl sites for hydroxylation is 1. The summed E-state index contributed by atoms with van der Waals surface area (Å²) in [5, 5.41) is 11.9. The highest BCUT2D eigenvalue weighted by Crippen LogP contribution is 2.22. The first kappa shape index (κ1) is 11.2. The van der Waals surface area contributed by atoms with Gasteiger partial charge < -0.3 is 10.8 Å². The molecule has 0 amide bonds. The number of carboxylic acids is 1. The summed E-state index contributed by atoms with van der Waals surface area (Å²) in [4.78, 5) is 12.9. The predicted octanol–water partition coefficient (Wildman–Crippen LogP) is 0.731. The fourth-order valence-corrected chi connectivity index (χ4v) is 2.09. The van der Waals surface area contributed by atoms with E-state index < -0.39 is 12.0 Å². The average molecular weight is 214 g/mol. The van der Waals surface area contributed by atoms with Crippen LogP contribution in [0.1, 0.15) is 15.8 Å². The summed E-state index contributed by atoms with van der Waals surface area (Å²) in [5.74, 6) is -0.861. The molecule has 1 aromatic heterocycles. The van der Waals surface area contributed by atoms with E-state index in [2.05, 4.69) is 5.32 Å². The predicted molar refractivity (Wildman–Crippen MR) is 56.5 cm³/mol. The second-order valence-corrected chi connectivity index (χ2v) is 4.28. The molecule has 4 nitrogen and oxygen atoms in total. The van der Waals surface area contributed by atoms with Gasteiger partial charge in [-0.25, -0.2) is 0 Å². The number of hydrogen-bond donors (Lipinski definition) is 3. The maximum Gasteiger partial charge on any atom is 0.326 e. The van der Waals surface area contributed by atoms with E-state index in [0.29, 0.717) is 13.1 Å². The summed E-state index contributed by atoms with van der Waals surface area (Å²) in [5.41, 5.74) is 5.31. The molecule has 0 saturated heterocycles. The van der Waals surface area contributed by atoms with Gasteiger partial charge in [-0.1, -0.05) is 0 Å². The molecule has 0 bridgehead atoms. The van der Waals surface area contributed by atoms with Gasteiger partial charge in [0.2, 0.25) is 0 Å². The molecule has 0 aliphatic carbocycles. The standard InChI is InChI=1S/C9H14N2O2S/c1-6-2-3-7(14-6)8(9(12)13)11-5-4-10/h2-3,8,11H,4-5,10H2,1H3,(H,12,13). The van der Waals surface area contributed by atoms with Gasteiger partial charge in [-0.2, -0.15) is 0 Å². The normalized spacial score (nSPS) is 12.7. The molecule has 1 heterocycles. The van der Waals surface area contributed by atoms with Crippen LogP contribution in [0.15, 0.2) is 12.1 Å². The van der Waals surface area contributed by atoms with Crippen molar-refractivity contribution in [2.75, 3.05) is 13.1 Å². The Balaban J connectivity index is 2.72. The minimum absolute atomic E-state index is 0.439. The Morgan fingerprint density at radius 3 is 2.86 bits per heavy atom. The van der Waals surface area contributed by atoms with Crippen molar-refractivity contribution in [2.24, 2.45) is 5.73 Å². The molecule has 1 aromatic rings. The van der Waals surface area contributed by atoms with Crippen LogP contribution in [0.4, 0.5) is 0 Å². The third-order valence-corrected chi connectivity index (χ3v) is 2.85. The van der Waals surface area contributed by atoms with Gasteiger partial charge in [-0.3, -0.25) is 10.1 Å². The molecule has 1 rings (SSSR count). The van der Waals surface area contributed by atoms with Crippen molar-refractivity contribution in [3.63, 3.8) is 0 Å². The summed E-state index contributed by atoms with van der Waals surface area (Å²) in [6, 6.07) is 3.12. The van der Waals surface area contributed by atoms with E-state index in [1.807, 2.05) is 19.1 Å². The van der Waals surface area contributed by atoms with Crippen molar-refractivity contribution >= 4 is 17.3 Å². The molecule has 1 unspecified atom stereocenters. The fraction of sp³-hybridized carbons (Fsp3) is 0.444. The minimum Gasteiger partial charge on any atom is -0.480 e. The Morgan fingerprint density at radius 1 is 1.71 bits per heavy atom. The maximum absolute atomic E-state index is 10.9. The van der Waals surface area contributed by atoms with E-state index in [1.54, 1.807) is 0 Å². The number of nitrogens with two attached hydrogens (primary N) is 1. The van der Waals surface area contributed by atoms with E-state index >= 15 is 0 Å². The number of carboxylic acid groups (broad SMARTS) is 1. The lowest BCUT2D eigenvalue weighted by molar-refractivity contribution is -0.139. The highest BCUT2D eigenvalue weighted by Gasteiger charge is 2.19. The number of rotatable bonds is 5. The lowest BCUT2D eigenvalue weighted by Crippen LogP contribution is -2.31. The van der Waals surface area contributed by atoms with Crippen LogP contribution in [-0.4, -0.2) is 24.2 Å². The number of aliphatic carboxylic acids is 1. The molecule has 78 valence electrons. The molecule has 0 saturated carbocycles. The van der Waals surface area contributed by atoms with Crippen LogP contribution in [0, 0.1) is 6.92 Å². The van der Waals surface area contributed by atoms with Gasteiger partial charge in [-0.05, 0) is 19.1 Å². The van der Waals surface area contributed by atoms with Crippen molar-refractivity contribution in [3.8, 4) is 0 Å². The van der Waals surface area contributed by atoms with Crippen LogP contribution < -0.4 is 11.1 Å². The van der Waals surface area contributed by atoms with E-state index in [-0.39, 0.29) is 0 Å². The van der Waals surface area contributed by atoms with Gasteiger partial charge in [0.25, 0.3) is 0 Å². The van der Waals surface area contributed by atoms with E-state index in [9.17, 15) is 4.79 Å². The first-order valence-corrected chi connectivity index (χ1v) is 5.19. The summed E-state index contributed by atoms with van der Waals surface area (Å²) in [6.45, 7) is 2.90. The van der Waals surface area contributed by atoms with Crippen molar-refractivity contribution < 1.29 is 9.90 Å². The number of thiophene rings is 1. The van der Waals surface area contributed by atoms with E-state index in [0.717, 1.165) is 9.75 Å². The van der Waals surface area contributed by atoms with Gasteiger partial charge in [0, 0.05) is 22.8 Å². The summed E-state index contributed by atoms with van der Waals surface area (Å²) in [6.07, 6.45) is 0. The molecule has 0 radical (unpaired) electrons. The van der Waals surface area contributed by atoms with Crippen LogP contribution in [0.5, 0.6) is 0 Å². The molecular weight excluding hydrogens is 200 g/mol. The Kier molecular flexibility index (Phi) is 4.06. The van der Waals surface area contributed by atoms with Crippen molar-refractivity contribution in [2.45, 2.75) is 13.0 Å². The fourth-order valence-electron chi connectivity index (χ4n) is 1.15. The largest absolute Gasteiger partial charge is 0.480 e. The molecule has 0 aliphatic heterocycles. The molecule has 0 aromatic carbocycles. The Hall–Kier alpha value is -0.910. The zero-order valence-electron chi connectivity index (χ0n) is 7.99. The van der Waals surface area contributed by atoms with Gasteiger partial charge in [0.05, 0.1) is 0 Å². The first-order chi connectivity index (χ1) is 6.65. The zero-order valence-corrected chi connectivity index (χ0v) is 8.80. The van der Waals surface area contributed by atoms with Crippen LogP contribution in [0.2, 0.25) is 0 Å². The summed E-state index contributed by atoms with van der Waals surface area (Å²) in [7, 11) is 0. The molecule has 4 N–H and O–H groups in total. The van der Waals surface area contributed by atoms with Crippen LogP contribution in [0.3, 0.4) is 0 Å². The SMILES string of the molecule is Cc1ccc(C(NCCN)C(=O)O)s1.